The number of hydrogen-bond acceptors (Lipinski definition) is 4. The Labute approximate surface area is 145 Å². The summed E-state index contributed by atoms with van der Waals surface area (Å²) in [6.45, 7) is 6.94. The highest BCUT2D eigenvalue weighted by atomic mass is 16.5. The Morgan fingerprint density at radius 3 is 2.54 bits per heavy atom. The van der Waals surface area contributed by atoms with E-state index in [1.165, 1.54) is 45.2 Å². The molecule has 2 atom stereocenters. The minimum absolute atomic E-state index is 0.407. The molecule has 24 heavy (non-hydrogen) atoms. The molecule has 1 saturated carbocycles. The van der Waals surface area contributed by atoms with E-state index in [0.29, 0.717) is 17.8 Å². The molecule has 1 aliphatic rings. The molecule has 0 saturated heterocycles. The number of rotatable bonds is 7. The van der Waals surface area contributed by atoms with Crippen LogP contribution in [0.4, 0.5) is 0 Å². The van der Waals surface area contributed by atoms with E-state index < -0.39 is 0 Å². The van der Waals surface area contributed by atoms with Crippen molar-refractivity contribution < 1.29 is 4.52 Å². The Balaban J connectivity index is 1.69. The third-order valence-corrected chi connectivity index (χ3v) is 5.01. The van der Waals surface area contributed by atoms with Gasteiger partial charge in [0.1, 0.15) is 0 Å². The van der Waals surface area contributed by atoms with E-state index >= 15 is 0 Å². The first kappa shape index (κ1) is 17.2. The summed E-state index contributed by atoms with van der Waals surface area (Å²) in [4.78, 5) is 7.36. The van der Waals surface area contributed by atoms with Crippen molar-refractivity contribution in [3.8, 4) is 11.4 Å². The van der Waals surface area contributed by atoms with Crippen LogP contribution < -0.4 is 0 Å². The second kappa shape index (κ2) is 8.43. The summed E-state index contributed by atoms with van der Waals surface area (Å²) >= 11 is 0. The molecule has 0 N–H and O–H groups in total. The molecule has 1 fully saturated rings. The summed E-state index contributed by atoms with van der Waals surface area (Å²) in [5.41, 5.74) is 1.03. The van der Waals surface area contributed by atoms with Gasteiger partial charge in [0.25, 0.3) is 0 Å². The van der Waals surface area contributed by atoms with Crippen LogP contribution in [0, 0.1) is 0 Å². The van der Waals surface area contributed by atoms with E-state index in [4.69, 9.17) is 9.51 Å². The quantitative estimate of drug-likeness (QED) is 0.726. The van der Waals surface area contributed by atoms with Crippen molar-refractivity contribution in [3.05, 3.63) is 36.2 Å². The van der Waals surface area contributed by atoms with Gasteiger partial charge in [-0.15, -0.1) is 0 Å². The number of hydrogen-bond donors (Lipinski definition) is 0. The molecule has 1 heterocycles. The van der Waals surface area contributed by atoms with Crippen LogP contribution >= 0.6 is 0 Å². The van der Waals surface area contributed by atoms with Gasteiger partial charge in [0.2, 0.25) is 11.7 Å². The Morgan fingerprint density at radius 1 is 1.08 bits per heavy atom. The van der Waals surface area contributed by atoms with Gasteiger partial charge in [0.15, 0.2) is 0 Å². The Kier molecular flexibility index (Phi) is 6.02. The topological polar surface area (TPSA) is 42.2 Å². The maximum absolute atomic E-state index is 5.63. The molecule has 130 valence electrons. The lowest BCUT2D eigenvalue weighted by molar-refractivity contribution is 0.138. The Hall–Kier alpha value is -1.68. The third kappa shape index (κ3) is 4.04. The van der Waals surface area contributed by atoms with E-state index in [9.17, 15) is 0 Å². The first-order valence-corrected chi connectivity index (χ1v) is 9.44. The van der Waals surface area contributed by atoms with Gasteiger partial charge in [-0.3, -0.25) is 0 Å². The molecule has 1 unspecified atom stereocenters. The van der Waals surface area contributed by atoms with Gasteiger partial charge >= 0.3 is 0 Å². The maximum Gasteiger partial charge on any atom is 0.230 e. The molecule has 1 aromatic heterocycles. The van der Waals surface area contributed by atoms with Crippen LogP contribution in [0.15, 0.2) is 34.9 Å². The Morgan fingerprint density at radius 2 is 1.83 bits per heavy atom. The molecule has 4 heteroatoms. The lowest BCUT2D eigenvalue weighted by atomic mass is 9.84. The zero-order chi connectivity index (χ0) is 16.8. The molecule has 3 rings (SSSR count). The molecule has 0 aliphatic heterocycles. The third-order valence-electron chi connectivity index (χ3n) is 5.01. The van der Waals surface area contributed by atoms with Crippen molar-refractivity contribution in [2.24, 2.45) is 0 Å². The second-order valence-corrected chi connectivity index (χ2v) is 6.88. The summed E-state index contributed by atoms with van der Waals surface area (Å²) in [5, 5.41) is 4.20. The van der Waals surface area contributed by atoms with Crippen molar-refractivity contribution in [1.82, 2.24) is 15.0 Å². The van der Waals surface area contributed by atoms with E-state index in [1.54, 1.807) is 0 Å². The molecular formula is C20H29N3O. The van der Waals surface area contributed by atoms with E-state index in [0.717, 1.165) is 17.9 Å². The average molecular weight is 327 g/mol. The average Bonchev–Trinajstić information content (AvgIpc) is 3.13. The normalized spacial score (nSPS) is 21.3. The maximum atomic E-state index is 5.63. The highest BCUT2D eigenvalue weighted by Crippen LogP contribution is 2.35. The molecule has 0 amide bonds. The fourth-order valence-corrected chi connectivity index (χ4v) is 3.88. The molecule has 2 aromatic rings. The van der Waals surface area contributed by atoms with Crippen LogP contribution in [0.25, 0.3) is 11.4 Å². The van der Waals surface area contributed by atoms with Crippen LogP contribution in [0.1, 0.15) is 64.2 Å². The fourth-order valence-electron chi connectivity index (χ4n) is 3.88. The van der Waals surface area contributed by atoms with Crippen LogP contribution in [-0.2, 0) is 0 Å². The van der Waals surface area contributed by atoms with Gasteiger partial charge in [0.05, 0.1) is 0 Å². The number of nitrogens with zero attached hydrogens (tertiary/aromatic N) is 3. The summed E-state index contributed by atoms with van der Waals surface area (Å²) in [7, 11) is 0. The molecule has 4 nitrogen and oxygen atoms in total. The molecule has 0 bridgehead atoms. The molecule has 0 radical (unpaired) electrons. The van der Waals surface area contributed by atoms with Crippen LogP contribution in [0.2, 0.25) is 0 Å². The van der Waals surface area contributed by atoms with Crippen molar-refractivity contribution in [2.75, 3.05) is 13.1 Å². The van der Waals surface area contributed by atoms with Crippen LogP contribution in [-0.4, -0.2) is 34.2 Å². The minimum atomic E-state index is 0.407. The first-order valence-electron chi connectivity index (χ1n) is 9.44. The van der Waals surface area contributed by atoms with E-state index in [-0.39, 0.29) is 0 Å². The largest absolute Gasteiger partial charge is 0.339 e. The van der Waals surface area contributed by atoms with Gasteiger partial charge in [-0.2, -0.15) is 4.98 Å². The predicted octanol–water partition coefficient (Wildman–Crippen LogP) is 4.88. The second-order valence-electron chi connectivity index (χ2n) is 6.88. The SMILES string of the molecule is CCCN(CCC)[C@@H]1CCCC(c2nc(-c3ccccc3)no2)C1. The number of benzene rings is 1. The van der Waals surface area contributed by atoms with Gasteiger partial charge < -0.3 is 9.42 Å². The van der Waals surface area contributed by atoms with Crippen molar-refractivity contribution in [2.45, 2.75) is 64.3 Å². The summed E-state index contributed by atoms with van der Waals surface area (Å²) in [6.07, 6.45) is 7.31. The lowest BCUT2D eigenvalue weighted by Crippen LogP contribution is -2.39. The molecule has 1 aliphatic carbocycles. The summed E-state index contributed by atoms with van der Waals surface area (Å²) in [5.74, 6) is 1.95. The van der Waals surface area contributed by atoms with Gasteiger partial charge in [-0.05, 0) is 45.2 Å². The lowest BCUT2D eigenvalue weighted by Gasteiger charge is -2.36. The highest BCUT2D eigenvalue weighted by Gasteiger charge is 2.30. The molecule has 1 aromatic carbocycles. The predicted molar refractivity (Wildman–Crippen MR) is 96.9 cm³/mol. The van der Waals surface area contributed by atoms with Crippen LogP contribution in [0.3, 0.4) is 0 Å². The first-order chi connectivity index (χ1) is 11.8. The van der Waals surface area contributed by atoms with Crippen molar-refractivity contribution in [3.63, 3.8) is 0 Å². The zero-order valence-corrected chi connectivity index (χ0v) is 14.9. The fraction of sp³-hybridized carbons (Fsp3) is 0.600. The molecular weight excluding hydrogens is 298 g/mol. The Bertz CT molecular complexity index is 604. The standard InChI is InChI=1S/C20H29N3O/c1-3-13-23(14-4-2)18-12-8-11-17(15-18)20-21-19(22-24-20)16-9-6-5-7-10-16/h5-7,9-10,17-18H,3-4,8,11-15H2,1-2H3/t17?,18-/m1/s1. The number of aromatic nitrogens is 2. The molecule has 0 spiro atoms. The smallest absolute Gasteiger partial charge is 0.230 e. The minimum Gasteiger partial charge on any atom is -0.339 e. The van der Waals surface area contributed by atoms with Crippen LogP contribution in [0.5, 0.6) is 0 Å². The van der Waals surface area contributed by atoms with Gasteiger partial charge in [-0.25, -0.2) is 0 Å². The summed E-state index contributed by atoms with van der Waals surface area (Å²) in [6, 6.07) is 10.7. The van der Waals surface area contributed by atoms with E-state index in [1.807, 2.05) is 30.3 Å². The highest BCUT2D eigenvalue weighted by molar-refractivity contribution is 5.53. The van der Waals surface area contributed by atoms with Gasteiger partial charge in [0, 0.05) is 17.5 Å². The monoisotopic (exact) mass is 327 g/mol. The van der Waals surface area contributed by atoms with Gasteiger partial charge in [-0.1, -0.05) is 55.8 Å². The summed E-state index contributed by atoms with van der Waals surface area (Å²) < 4.78 is 5.63. The van der Waals surface area contributed by atoms with Crippen molar-refractivity contribution >= 4 is 0 Å². The zero-order valence-electron chi connectivity index (χ0n) is 14.9. The van der Waals surface area contributed by atoms with E-state index in [2.05, 4.69) is 23.9 Å². The van der Waals surface area contributed by atoms with Crippen molar-refractivity contribution in [1.29, 1.82) is 0 Å².